The molecule has 1 unspecified atom stereocenters. The van der Waals surface area contributed by atoms with Gasteiger partial charge < -0.3 is 15.5 Å². The lowest BCUT2D eigenvalue weighted by Gasteiger charge is -2.32. The molecule has 3 atom stereocenters. The lowest BCUT2D eigenvalue weighted by atomic mass is 9.98. The van der Waals surface area contributed by atoms with Crippen molar-refractivity contribution < 1.29 is 14.4 Å². The van der Waals surface area contributed by atoms with E-state index >= 15 is 0 Å². The lowest BCUT2D eigenvalue weighted by molar-refractivity contribution is -0.132. The van der Waals surface area contributed by atoms with Gasteiger partial charge in [0.2, 0.25) is 11.8 Å². The molecule has 34 heavy (non-hydrogen) atoms. The molecule has 0 aromatic heterocycles. The van der Waals surface area contributed by atoms with Crippen LogP contribution in [0.3, 0.4) is 0 Å². The molecular weight excluding hydrogens is 446 g/mol. The first kappa shape index (κ1) is 24.3. The highest BCUT2D eigenvalue weighted by atomic mass is 32.2. The molecule has 4 rings (SSSR count). The maximum atomic E-state index is 13.5. The third kappa shape index (κ3) is 4.71. The Kier molecular flexibility index (Phi) is 7.03. The minimum Gasteiger partial charge on any atom is -0.354 e. The van der Waals surface area contributed by atoms with Crippen LogP contribution in [0.4, 0.5) is 0 Å². The molecule has 0 bridgehead atoms. The van der Waals surface area contributed by atoms with Gasteiger partial charge in [0.15, 0.2) is 0 Å². The number of benzene rings is 2. The molecule has 180 valence electrons. The Morgan fingerprint density at radius 2 is 1.74 bits per heavy atom. The highest BCUT2D eigenvalue weighted by molar-refractivity contribution is 8.01. The smallest absolute Gasteiger partial charge is 0.256 e. The molecule has 0 radical (unpaired) electrons. The van der Waals surface area contributed by atoms with Crippen LogP contribution in [0.2, 0.25) is 0 Å². The number of hydrogen-bond donors (Lipinski definition) is 2. The van der Waals surface area contributed by atoms with Gasteiger partial charge in [0, 0.05) is 16.9 Å². The van der Waals surface area contributed by atoms with Crippen molar-refractivity contribution in [3.05, 3.63) is 71.3 Å². The molecule has 3 amide bonds. The van der Waals surface area contributed by atoms with Crippen molar-refractivity contribution in [3.8, 4) is 0 Å². The molecule has 2 aliphatic heterocycles. The monoisotopic (exact) mass is 479 g/mol. The summed E-state index contributed by atoms with van der Waals surface area (Å²) in [6.45, 7) is 8.36. The van der Waals surface area contributed by atoms with E-state index in [9.17, 15) is 14.4 Å². The standard InChI is InChI=1S/C27H33N3O3S/c1-17(2)21(23(31)28-16-10-13-18-11-6-5-7-12-18)29-24(32)22-27(3,4)34-26-20-15-9-8-14-19(20)25(33)30(22)26/h5-9,11-12,14-15,17,21-22,26H,10,13,16H2,1-4H3,(H,28,31)(H,29,32)/t21-,22+,26?/m0/s1. The van der Waals surface area contributed by atoms with Gasteiger partial charge in [0.25, 0.3) is 5.91 Å². The zero-order valence-electron chi connectivity index (χ0n) is 20.2. The summed E-state index contributed by atoms with van der Waals surface area (Å²) in [7, 11) is 0. The van der Waals surface area contributed by atoms with Gasteiger partial charge in [-0.3, -0.25) is 14.4 Å². The number of nitrogens with one attached hydrogen (secondary N) is 2. The van der Waals surface area contributed by atoms with Crippen LogP contribution in [-0.4, -0.2) is 46.0 Å². The van der Waals surface area contributed by atoms with Crippen molar-refractivity contribution in [1.29, 1.82) is 0 Å². The van der Waals surface area contributed by atoms with Crippen LogP contribution in [0.25, 0.3) is 0 Å². The first-order valence-electron chi connectivity index (χ1n) is 11.9. The van der Waals surface area contributed by atoms with Crippen LogP contribution in [0, 0.1) is 5.92 Å². The van der Waals surface area contributed by atoms with Crippen LogP contribution in [0.5, 0.6) is 0 Å². The van der Waals surface area contributed by atoms with Gasteiger partial charge in [0.05, 0.1) is 0 Å². The predicted molar refractivity (Wildman–Crippen MR) is 135 cm³/mol. The van der Waals surface area contributed by atoms with Crippen molar-refractivity contribution in [2.75, 3.05) is 6.54 Å². The average Bonchev–Trinajstić information content (AvgIpc) is 3.24. The van der Waals surface area contributed by atoms with Crippen molar-refractivity contribution in [2.24, 2.45) is 5.92 Å². The summed E-state index contributed by atoms with van der Waals surface area (Å²) in [4.78, 5) is 41.4. The van der Waals surface area contributed by atoms with Gasteiger partial charge in [-0.05, 0) is 49.8 Å². The fraction of sp³-hybridized carbons (Fsp3) is 0.444. The fourth-order valence-electron chi connectivity index (χ4n) is 4.83. The summed E-state index contributed by atoms with van der Waals surface area (Å²) < 4.78 is -0.481. The van der Waals surface area contributed by atoms with Gasteiger partial charge in [-0.2, -0.15) is 0 Å². The van der Waals surface area contributed by atoms with Gasteiger partial charge in [-0.1, -0.05) is 62.4 Å². The van der Waals surface area contributed by atoms with Gasteiger partial charge in [-0.25, -0.2) is 0 Å². The van der Waals surface area contributed by atoms with Crippen LogP contribution in [-0.2, 0) is 16.0 Å². The molecule has 0 saturated carbocycles. The van der Waals surface area contributed by atoms with E-state index in [0.717, 1.165) is 18.4 Å². The van der Waals surface area contributed by atoms with Gasteiger partial charge >= 0.3 is 0 Å². The largest absolute Gasteiger partial charge is 0.354 e. The first-order chi connectivity index (χ1) is 16.2. The molecule has 2 N–H and O–H groups in total. The third-order valence-corrected chi connectivity index (χ3v) is 8.11. The number of carbonyl (C=O) groups excluding carboxylic acids is 3. The Balaban J connectivity index is 1.41. The molecule has 0 aliphatic carbocycles. The number of fused-ring (bicyclic) bond motifs is 3. The zero-order chi connectivity index (χ0) is 24.5. The van der Waals surface area contributed by atoms with E-state index in [1.165, 1.54) is 5.56 Å². The van der Waals surface area contributed by atoms with E-state index in [4.69, 9.17) is 0 Å². The minimum absolute atomic E-state index is 0.0856. The zero-order valence-corrected chi connectivity index (χ0v) is 21.0. The number of hydrogen-bond acceptors (Lipinski definition) is 4. The van der Waals surface area contributed by atoms with Crippen molar-refractivity contribution in [1.82, 2.24) is 15.5 Å². The van der Waals surface area contributed by atoms with Gasteiger partial charge in [-0.15, -0.1) is 11.8 Å². The summed E-state index contributed by atoms with van der Waals surface area (Å²) in [6.07, 6.45) is 1.70. The van der Waals surface area contributed by atoms with E-state index in [0.29, 0.717) is 12.1 Å². The number of aryl methyl sites for hydroxylation is 1. The maximum absolute atomic E-state index is 13.5. The second-order valence-electron chi connectivity index (χ2n) is 9.89. The first-order valence-corrected chi connectivity index (χ1v) is 12.8. The molecule has 1 saturated heterocycles. The molecule has 7 heteroatoms. The molecule has 0 spiro atoms. The Hall–Kier alpha value is -2.80. The van der Waals surface area contributed by atoms with E-state index in [1.54, 1.807) is 16.7 Å². The summed E-state index contributed by atoms with van der Waals surface area (Å²) in [5.74, 6) is -0.672. The number of nitrogens with zero attached hydrogens (tertiary/aromatic N) is 1. The minimum atomic E-state index is -0.663. The highest BCUT2D eigenvalue weighted by Gasteiger charge is 2.57. The Morgan fingerprint density at radius 3 is 2.44 bits per heavy atom. The van der Waals surface area contributed by atoms with Crippen molar-refractivity contribution in [2.45, 2.75) is 62.7 Å². The molecule has 2 aromatic rings. The number of thioether (sulfide) groups is 1. The van der Waals surface area contributed by atoms with Gasteiger partial charge in [0.1, 0.15) is 17.5 Å². The number of amides is 3. The lowest BCUT2D eigenvalue weighted by Crippen LogP contribution is -2.58. The third-order valence-electron chi connectivity index (χ3n) is 6.58. The maximum Gasteiger partial charge on any atom is 0.256 e. The van der Waals surface area contributed by atoms with Crippen LogP contribution in [0.15, 0.2) is 54.6 Å². The van der Waals surface area contributed by atoms with Crippen LogP contribution in [0.1, 0.15) is 61.0 Å². The Bertz CT molecular complexity index is 1070. The highest BCUT2D eigenvalue weighted by Crippen LogP contribution is 2.56. The quantitative estimate of drug-likeness (QED) is 0.563. The van der Waals surface area contributed by atoms with E-state index in [-0.39, 0.29) is 29.0 Å². The molecule has 2 aliphatic rings. The summed E-state index contributed by atoms with van der Waals surface area (Å²) in [6, 6.07) is 16.4. The average molecular weight is 480 g/mol. The molecule has 2 aromatic carbocycles. The Morgan fingerprint density at radius 1 is 1.06 bits per heavy atom. The van der Waals surface area contributed by atoms with Crippen LogP contribution >= 0.6 is 11.8 Å². The predicted octanol–water partition coefficient (Wildman–Crippen LogP) is 3.92. The normalized spacial score (nSPS) is 21.2. The summed E-state index contributed by atoms with van der Waals surface area (Å²) >= 11 is 1.62. The van der Waals surface area contributed by atoms with E-state index in [1.807, 2.05) is 70.2 Å². The second-order valence-corrected chi connectivity index (χ2v) is 11.6. The fourth-order valence-corrected chi connectivity index (χ4v) is 6.42. The summed E-state index contributed by atoms with van der Waals surface area (Å²) in [5, 5.41) is 5.77. The van der Waals surface area contributed by atoms with E-state index in [2.05, 4.69) is 22.8 Å². The molecule has 6 nitrogen and oxygen atoms in total. The molecule has 1 fully saturated rings. The Labute approximate surface area is 205 Å². The molecular formula is C27H33N3O3S. The molecule has 2 heterocycles. The van der Waals surface area contributed by atoms with Crippen molar-refractivity contribution >= 4 is 29.5 Å². The number of rotatable bonds is 8. The van der Waals surface area contributed by atoms with Crippen molar-refractivity contribution in [3.63, 3.8) is 0 Å². The number of carbonyl (C=O) groups is 3. The summed E-state index contributed by atoms with van der Waals surface area (Å²) in [5.41, 5.74) is 2.85. The second kappa shape index (κ2) is 9.82. The topological polar surface area (TPSA) is 78.5 Å². The SMILES string of the molecule is CC(C)[C@H](NC(=O)[C@H]1N2C(=O)c3ccccc3C2SC1(C)C)C(=O)NCCCc1ccccc1. The van der Waals surface area contributed by atoms with E-state index < -0.39 is 16.8 Å². The van der Waals surface area contributed by atoms with Crippen LogP contribution < -0.4 is 10.6 Å².